The number of nitrogens with zero attached hydrogens (tertiary/aromatic N) is 1. The molecule has 17 heavy (non-hydrogen) atoms. The van der Waals surface area contributed by atoms with Crippen LogP contribution in [0.3, 0.4) is 0 Å². The number of carbonyl (C=O) groups excluding carboxylic acids is 1. The summed E-state index contributed by atoms with van der Waals surface area (Å²) < 4.78 is 0. The Bertz CT molecular complexity index is 598. The van der Waals surface area contributed by atoms with Crippen LogP contribution in [0, 0.1) is 0 Å². The van der Waals surface area contributed by atoms with E-state index in [2.05, 4.69) is 0 Å². The molecule has 0 bridgehead atoms. The number of thiophene rings is 1. The highest BCUT2D eigenvalue weighted by molar-refractivity contribution is 7.08. The van der Waals surface area contributed by atoms with E-state index in [1.165, 1.54) is 0 Å². The molecule has 2 heterocycles. The molecule has 1 aliphatic rings. The normalized spacial score (nSPS) is 16.6. The molecule has 0 spiro atoms. The second kappa shape index (κ2) is 3.86. The first-order valence-electron chi connectivity index (χ1n) is 5.39. The molecule has 3 heteroatoms. The minimum absolute atomic E-state index is 0.0670. The molecule has 0 atom stereocenters. The second-order valence-electron chi connectivity index (χ2n) is 4.00. The zero-order valence-corrected chi connectivity index (χ0v) is 10.2. The fourth-order valence-electron chi connectivity index (χ4n) is 2.06. The van der Waals surface area contributed by atoms with Gasteiger partial charge < -0.3 is 4.90 Å². The quantitative estimate of drug-likeness (QED) is 0.702. The van der Waals surface area contributed by atoms with Crippen LogP contribution in [0.5, 0.6) is 0 Å². The molecule has 0 N–H and O–H groups in total. The molecule has 1 aliphatic heterocycles. The van der Waals surface area contributed by atoms with E-state index in [9.17, 15) is 4.79 Å². The van der Waals surface area contributed by atoms with Crippen LogP contribution in [0.25, 0.3) is 11.6 Å². The minimum Gasteiger partial charge on any atom is -0.311 e. The Balaban J connectivity index is 2.16. The number of likely N-dealkylation sites (N-methyl/N-ethyl adjacent to an activating group) is 1. The molecular formula is C14H11NOS. The smallest absolute Gasteiger partial charge is 0.258 e. The Hall–Kier alpha value is -1.87. The molecule has 2 aromatic rings. The summed E-state index contributed by atoms with van der Waals surface area (Å²) in [5.74, 6) is 0.0670. The van der Waals surface area contributed by atoms with Crippen LogP contribution >= 0.6 is 11.3 Å². The zero-order chi connectivity index (χ0) is 11.8. The van der Waals surface area contributed by atoms with E-state index in [-0.39, 0.29) is 5.91 Å². The van der Waals surface area contributed by atoms with Gasteiger partial charge in [0, 0.05) is 18.2 Å². The van der Waals surface area contributed by atoms with Crippen molar-refractivity contribution in [2.24, 2.45) is 0 Å². The first kappa shape index (κ1) is 10.3. The highest BCUT2D eigenvalue weighted by atomic mass is 32.1. The topological polar surface area (TPSA) is 20.3 Å². The van der Waals surface area contributed by atoms with Crippen molar-refractivity contribution in [2.75, 3.05) is 11.9 Å². The second-order valence-corrected chi connectivity index (χ2v) is 4.78. The van der Waals surface area contributed by atoms with E-state index < -0.39 is 0 Å². The average Bonchev–Trinajstić information content (AvgIpc) is 2.94. The summed E-state index contributed by atoms with van der Waals surface area (Å²) in [4.78, 5) is 13.9. The Kier molecular flexibility index (Phi) is 2.34. The van der Waals surface area contributed by atoms with Crippen LogP contribution in [0.15, 0.2) is 41.1 Å². The van der Waals surface area contributed by atoms with Gasteiger partial charge in [-0.15, -0.1) is 0 Å². The van der Waals surface area contributed by atoms with Crippen LogP contribution in [-0.2, 0) is 4.79 Å². The fourth-order valence-corrected chi connectivity index (χ4v) is 2.68. The number of para-hydroxylation sites is 1. The van der Waals surface area contributed by atoms with Crippen LogP contribution in [-0.4, -0.2) is 13.0 Å². The molecule has 1 amide bonds. The maximum absolute atomic E-state index is 12.1. The SMILES string of the molecule is CN1C(=O)/C(=C/c2ccsc2)c2ccccc21. The predicted octanol–water partition coefficient (Wildman–Crippen LogP) is 3.27. The Morgan fingerprint density at radius 2 is 2.06 bits per heavy atom. The van der Waals surface area contributed by atoms with Crippen LogP contribution in [0.4, 0.5) is 5.69 Å². The molecule has 2 nitrogen and oxygen atoms in total. The van der Waals surface area contributed by atoms with Gasteiger partial charge in [0.05, 0.1) is 5.69 Å². The molecule has 3 rings (SSSR count). The van der Waals surface area contributed by atoms with Gasteiger partial charge >= 0.3 is 0 Å². The lowest BCUT2D eigenvalue weighted by molar-refractivity contribution is -0.112. The molecule has 0 saturated heterocycles. The number of rotatable bonds is 1. The van der Waals surface area contributed by atoms with Gasteiger partial charge in [-0.05, 0) is 34.5 Å². The highest BCUT2D eigenvalue weighted by Gasteiger charge is 2.28. The molecular weight excluding hydrogens is 230 g/mol. The number of carbonyl (C=O) groups is 1. The first-order chi connectivity index (χ1) is 8.27. The van der Waals surface area contributed by atoms with Crippen LogP contribution < -0.4 is 4.90 Å². The number of amides is 1. The van der Waals surface area contributed by atoms with Gasteiger partial charge in [-0.25, -0.2) is 0 Å². The molecule has 0 fully saturated rings. The highest BCUT2D eigenvalue weighted by Crippen LogP contribution is 2.36. The molecule has 0 unspecified atom stereocenters. The third-order valence-corrected chi connectivity index (χ3v) is 3.65. The Labute approximate surface area is 104 Å². The van der Waals surface area contributed by atoms with Crippen molar-refractivity contribution in [1.82, 2.24) is 0 Å². The number of benzene rings is 1. The van der Waals surface area contributed by atoms with Crippen molar-refractivity contribution < 1.29 is 4.79 Å². The molecule has 1 aromatic carbocycles. The van der Waals surface area contributed by atoms with Gasteiger partial charge in [-0.1, -0.05) is 18.2 Å². The lowest BCUT2D eigenvalue weighted by Gasteiger charge is -2.07. The number of hydrogen-bond donors (Lipinski definition) is 0. The van der Waals surface area contributed by atoms with E-state index in [1.54, 1.807) is 16.2 Å². The van der Waals surface area contributed by atoms with Gasteiger partial charge in [0.1, 0.15) is 0 Å². The van der Waals surface area contributed by atoms with Gasteiger partial charge in [0.2, 0.25) is 0 Å². The summed E-state index contributed by atoms with van der Waals surface area (Å²) >= 11 is 1.64. The lowest BCUT2D eigenvalue weighted by atomic mass is 10.1. The van der Waals surface area contributed by atoms with E-state index >= 15 is 0 Å². The Morgan fingerprint density at radius 3 is 2.82 bits per heavy atom. The van der Waals surface area contributed by atoms with E-state index in [1.807, 2.05) is 54.2 Å². The van der Waals surface area contributed by atoms with Crippen LogP contribution in [0.1, 0.15) is 11.1 Å². The number of anilines is 1. The van der Waals surface area contributed by atoms with Crippen LogP contribution in [0.2, 0.25) is 0 Å². The maximum Gasteiger partial charge on any atom is 0.258 e. The van der Waals surface area contributed by atoms with Crippen molar-refractivity contribution >= 4 is 34.6 Å². The monoisotopic (exact) mass is 241 g/mol. The van der Waals surface area contributed by atoms with Crippen molar-refractivity contribution in [1.29, 1.82) is 0 Å². The van der Waals surface area contributed by atoms with Crippen molar-refractivity contribution in [3.8, 4) is 0 Å². The Morgan fingerprint density at radius 1 is 1.24 bits per heavy atom. The summed E-state index contributed by atoms with van der Waals surface area (Å²) in [5.41, 5.74) is 3.87. The van der Waals surface area contributed by atoms with Gasteiger partial charge in [0.15, 0.2) is 0 Å². The first-order valence-corrected chi connectivity index (χ1v) is 6.33. The van der Waals surface area contributed by atoms with Gasteiger partial charge in [-0.2, -0.15) is 11.3 Å². The molecule has 1 aromatic heterocycles. The largest absolute Gasteiger partial charge is 0.311 e. The molecule has 0 saturated carbocycles. The average molecular weight is 241 g/mol. The lowest BCUT2D eigenvalue weighted by Crippen LogP contribution is -2.20. The van der Waals surface area contributed by atoms with Crippen molar-refractivity contribution in [2.45, 2.75) is 0 Å². The van der Waals surface area contributed by atoms with E-state index in [0.29, 0.717) is 0 Å². The van der Waals surface area contributed by atoms with Gasteiger partial charge in [-0.3, -0.25) is 4.79 Å². The number of fused-ring (bicyclic) bond motifs is 1. The standard InChI is InChI=1S/C14H11NOS/c1-15-13-5-3-2-4-11(13)12(14(15)16)8-10-6-7-17-9-10/h2-9H,1H3/b12-8+. The number of hydrogen-bond acceptors (Lipinski definition) is 2. The van der Waals surface area contributed by atoms with Gasteiger partial charge in [0.25, 0.3) is 5.91 Å². The zero-order valence-electron chi connectivity index (χ0n) is 9.38. The molecule has 0 radical (unpaired) electrons. The third kappa shape index (κ3) is 1.59. The van der Waals surface area contributed by atoms with Crippen molar-refractivity contribution in [3.05, 3.63) is 52.2 Å². The maximum atomic E-state index is 12.1. The third-order valence-electron chi connectivity index (χ3n) is 2.94. The molecule has 0 aliphatic carbocycles. The fraction of sp³-hybridized carbons (Fsp3) is 0.0714. The minimum atomic E-state index is 0.0670. The van der Waals surface area contributed by atoms with Crippen molar-refractivity contribution in [3.63, 3.8) is 0 Å². The summed E-state index contributed by atoms with van der Waals surface area (Å²) in [7, 11) is 1.82. The summed E-state index contributed by atoms with van der Waals surface area (Å²) in [6.45, 7) is 0. The molecule has 84 valence electrons. The summed E-state index contributed by atoms with van der Waals surface area (Å²) in [6.07, 6.45) is 1.96. The van der Waals surface area contributed by atoms with E-state index in [0.717, 1.165) is 22.4 Å². The summed E-state index contributed by atoms with van der Waals surface area (Å²) in [5, 5.41) is 4.06. The predicted molar refractivity (Wildman–Crippen MR) is 72.0 cm³/mol. The van der Waals surface area contributed by atoms with E-state index in [4.69, 9.17) is 0 Å². The summed E-state index contributed by atoms with van der Waals surface area (Å²) in [6, 6.07) is 9.91.